The summed E-state index contributed by atoms with van der Waals surface area (Å²) in [4.78, 5) is 12.2. The number of amides is 1. The lowest BCUT2D eigenvalue weighted by Crippen LogP contribution is -2.48. The number of allylic oxidation sites excluding steroid dienone is 5. The van der Waals surface area contributed by atoms with E-state index in [2.05, 4.69) is 43.5 Å². The molecule has 0 aliphatic rings. The van der Waals surface area contributed by atoms with Gasteiger partial charge < -0.3 is 20.6 Å². The molecule has 0 saturated heterocycles. The minimum atomic E-state index is -1.11. The molecule has 1 amide bonds. The predicted octanol–water partition coefficient (Wildman–Crippen LogP) is 6.92. The van der Waals surface area contributed by atoms with E-state index in [0.717, 1.165) is 51.4 Å². The molecule has 0 aromatic heterocycles. The van der Waals surface area contributed by atoms with E-state index < -0.39 is 24.2 Å². The minimum absolute atomic E-state index is 0.382. The highest BCUT2D eigenvalue weighted by atomic mass is 16.3. The molecule has 4 N–H and O–H groups in total. The molecular formula is C31H57NO4. The number of carbonyl (C=O) groups excluding carboxylic acids is 1. The Labute approximate surface area is 222 Å². The van der Waals surface area contributed by atoms with Crippen LogP contribution in [0.5, 0.6) is 0 Å². The normalized spacial score (nSPS) is 14.7. The van der Waals surface area contributed by atoms with Gasteiger partial charge in [0.1, 0.15) is 6.10 Å². The minimum Gasteiger partial charge on any atom is -0.394 e. The molecular weight excluding hydrogens is 450 g/mol. The molecule has 0 rings (SSSR count). The zero-order valence-corrected chi connectivity index (χ0v) is 23.4. The van der Waals surface area contributed by atoms with Crippen molar-refractivity contribution in [3.8, 4) is 0 Å². The van der Waals surface area contributed by atoms with Gasteiger partial charge in [-0.25, -0.2) is 0 Å². The summed E-state index contributed by atoms with van der Waals surface area (Å²) in [7, 11) is 0. The van der Waals surface area contributed by atoms with Gasteiger partial charge in [-0.3, -0.25) is 4.79 Å². The second-order valence-electron chi connectivity index (χ2n) is 9.94. The summed E-state index contributed by atoms with van der Waals surface area (Å²) in [5, 5.41) is 32.6. The summed E-state index contributed by atoms with van der Waals surface area (Å²) in [6.45, 7) is 4.05. The summed E-state index contributed by atoms with van der Waals surface area (Å²) in [6, 6.07) is -0.815. The van der Waals surface area contributed by atoms with Crippen LogP contribution < -0.4 is 5.32 Å². The maximum atomic E-state index is 12.2. The fourth-order valence-corrected chi connectivity index (χ4v) is 4.00. The average molecular weight is 508 g/mol. The molecule has 0 spiro atoms. The molecule has 3 atom stereocenters. The number of aliphatic hydroxyl groups excluding tert-OH is 3. The molecule has 5 heteroatoms. The first-order chi connectivity index (χ1) is 17.6. The van der Waals surface area contributed by atoms with E-state index in [4.69, 9.17) is 0 Å². The Bertz CT molecular complexity index is 573. The molecule has 210 valence electrons. The molecule has 0 saturated carbocycles. The zero-order chi connectivity index (χ0) is 26.7. The van der Waals surface area contributed by atoms with Gasteiger partial charge in [-0.15, -0.1) is 0 Å². The molecule has 5 nitrogen and oxygen atoms in total. The van der Waals surface area contributed by atoms with Gasteiger partial charge in [-0.05, 0) is 51.4 Å². The molecule has 36 heavy (non-hydrogen) atoms. The van der Waals surface area contributed by atoms with Gasteiger partial charge in [0.15, 0.2) is 0 Å². The standard InChI is InChI=1S/C31H57NO4/c1-3-5-7-9-11-13-14-15-16-18-19-21-23-25-29(34)28(27-33)32-31(36)30(35)26-24-22-20-17-12-10-8-6-4-2/h10,12,16,18,23,25,28-30,33-35H,3-9,11,13-15,17,19-22,24,26-27H2,1-2H3,(H,32,36)/b12-10-,18-16+,25-23+. The van der Waals surface area contributed by atoms with Crippen molar-refractivity contribution in [1.82, 2.24) is 5.32 Å². The first-order valence-corrected chi connectivity index (χ1v) is 14.8. The zero-order valence-electron chi connectivity index (χ0n) is 23.4. The molecule has 0 aliphatic carbocycles. The third-order valence-electron chi connectivity index (χ3n) is 6.45. The Kier molecular flexibility index (Phi) is 25.6. The molecule has 0 heterocycles. The van der Waals surface area contributed by atoms with Crippen LogP contribution in [0.2, 0.25) is 0 Å². The lowest BCUT2D eigenvalue weighted by Gasteiger charge is -2.21. The fourth-order valence-electron chi connectivity index (χ4n) is 4.00. The predicted molar refractivity (Wildman–Crippen MR) is 153 cm³/mol. The van der Waals surface area contributed by atoms with Gasteiger partial charge in [-0.2, -0.15) is 0 Å². The third kappa shape index (κ3) is 21.8. The van der Waals surface area contributed by atoms with E-state index in [1.54, 1.807) is 6.08 Å². The molecule has 0 bridgehead atoms. The fraction of sp³-hybridized carbons (Fsp3) is 0.774. The largest absolute Gasteiger partial charge is 0.394 e. The van der Waals surface area contributed by atoms with Crippen LogP contribution in [0.15, 0.2) is 36.5 Å². The van der Waals surface area contributed by atoms with E-state index in [1.807, 2.05) is 6.08 Å². The summed E-state index contributed by atoms with van der Waals surface area (Å²) in [5.41, 5.74) is 0. The SMILES string of the molecule is CCCC/C=C\CCCCCC(O)C(=O)NC(CO)C(O)/C=C/CC/C=C/CCCCCCCCC. The Morgan fingerprint density at radius 2 is 1.17 bits per heavy atom. The first kappa shape index (κ1) is 34.6. The summed E-state index contributed by atoms with van der Waals surface area (Å²) in [6.07, 6.45) is 30.1. The van der Waals surface area contributed by atoms with E-state index >= 15 is 0 Å². The third-order valence-corrected chi connectivity index (χ3v) is 6.45. The molecule has 0 radical (unpaired) electrons. The average Bonchev–Trinajstić information content (AvgIpc) is 2.88. The van der Waals surface area contributed by atoms with Crippen molar-refractivity contribution in [1.29, 1.82) is 0 Å². The summed E-state index contributed by atoms with van der Waals surface area (Å²) in [5.74, 6) is -0.533. The van der Waals surface area contributed by atoms with Gasteiger partial charge >= 0.3 is 0 Å². The maximum absolute atomic E-state index is 12.2. The lowest BCUT2D eigenvalue weighted by atomic mass is 10.1. The molecule has 3 unspecified atom stereocenters. The maximum Gasteiger partial charge on any atom is 0.249 e. The van der Waals surface area contributed by atoms with Gasteiger partial charge in [0.05, 0.1) is 18.8 Å². The van der Waals surface area contributed by atoms with E-state index in [-0.39, 0.29) is 6.61 Å². The van der Waals surface area contributed by atoms with Crippen LogP contribution >= 0.6 is 0 Å². The Morgan fingerprint density at radius 1 is 0.667 bits per heavy atom. The Balaban J connectivity index is 3.95. The number of hydrogen-bond donors (Lipinski definition) is 4. The molecule has 0 aromatic rings. The van der Waals surface area contributed by atoms with Crippen LogP contribution in [0.1, 0.15) is 129 Å². The first-order valence-electron chi connectivity index (χ1n) is 14.8. The van der Waals surface area contributed by atoms with Crippen molar-refractivity contribution < 1.29 is 20.1 Å². The van der Waals surface area contributed by atoms with Gasteiger partial charge in [0.2, 0.25) is 5.91 Å². The lowest BCUT2D eigenvalue weighted by molar-refractivity contribution is -0.131. The Hall–Kier alpha value is -1.43. The van der Waals surface area contributed by atoms with Crippen LogP contribution in [-0.2, 0) is 4.79 Å². The number of hydrogen-bond acceptors (Lipinski definition) is 4. The van der Waals surface area contributed by atoms with Gasteiger partial charge in [0.25, 0.3) is 0 Å². The number of aliphatic hydroxyl groups is 3. The second kappa shape index (κ2) is 26.6. The van der Waals surface area contributed by atoms with Gasteiger partial charge in [0, 0.05) is 0 Å². The number of rotatable bonds is 25. The van der Waals surface area contributed by atoms with Crippen molar-refractivity contribution >= 4 is 5.91 Å². The van der Waals surface area contributed by atoms with Crippen LogP contribution in [0.4, 0.5) is 0 Å². The highest BCUT2D eigenvalue weighted by molar-refractivity contribution is 5.80. The molecule has 0 fully saturated rings. The van der Waals surface area contributed by atoms with Crippen LogP contribution in [0, 0.1) is 0 Å². The van der Waals surface area contributed by atoms with E-state index in [1.165, 1.54) is 57.8 Å². The highest BCUT2D eigenvalue weighted by Gasteiger charge is 2.22. The van der Waals surface area contributed by atoms with Crippen molar-refractivity contribution in [3.63, 3.8) is 0 Å². The number of nitrogens with one attached hydrogen (secondary N) is 1. The molecule has 0 aliphatic heterocycles. The summed E-state index contributed by atoms with van der Waals surface area (Å²) < 4.78 is 0. The van der Waals surface area contributed by atoms with Crippen molar-refractivity contribution in [2.75, 3.05) is 6.61 Å². The van der Waals surface area contributed by atoms with E-state index in [9.17, 15) is 20.1 Å². The second-order valence-corrected chi connectivity index (χ2v) is 9.94. The van der Waals surface area contributed by atoms with Crippen LogP contribution in [0.3, 0.4) is 0 Å². The quantitative estimate of drug-likeness (QED) is 0.0798. The monoisotopic (exact) mass is 507 g/mol. The highest BCUT2D eigenvalue weighted by Crippen LogP contribution is 2.10. The molecule has 0 aromatic carbocycles. The van der Waals surface area contributed by atoms with Crippen molar-refractivity contribution in [2.45, 2.75) is 148 Å². The smallest absolute Gasteiger partial charge is 0.249 e. The van der Waals surface area contributed by atoms with Crippen molar-refractivity contribution in [2.24, 2.45) is 0 Å². The Morgan fingerprint density at radius 3 is 1.78 bits per heavy atom. The van der Waals surface area contributed by atoms with E-state index in [0.29, 0.717) is 6.42 Å². The van der Waals surface area contributed by atoms with Gasteiger partial charge in [-0.1, -0.05) is 115 Å². The van der Waals surface area contributed by atoms with Crippen LogP contribution in [-0.4, -0.2) is 46.1 Å². The number of carbonyl (C=O) groups is 1. The number of unbranched alkanes of at least 4 members (excludes halogenated alkanes) is 13. The topological polar surface area (TPSA) is 89.8 Å². The summed E-state index contributed by atoms with van der Waals surface area (Å²) >= 11 is 0. The van der Waals surface area contributed by atoms with Crippen LogP contribution in [0.25, 0.3) is 0 Å². The van der Waals surface area contributed by atoms with Crippen molar-refractivity contribution in [3.05, 3.63) is 36.5 Å².